The Kier molecular flexibility index (Phi) is 7.63. The quantitative estimate of drug-likeness (QED) is 0.602. The SMILES string of the molecule is COc1cc(C(=O)N(CCC2CCCN2C)CC2=CNC3C=CC=CC3=C2)cc(OC)c1OC. The Morgan fingerprint density at radius 3 is 2.56 bits per heavy atom. The first kappa shape index (κ1) is 24.0. The van der Waals surface area contributed by atoms with E-state index >= 15 is 0 Å². The van der Waals surface area contributed by atoms with Gasteiger partial charge in [-0.15, -0.1) is 0 Å². The number of carbonyl (C=O) groups excluding carboxylic acids is 1. The van der Waals surface area contributed by atoms with Gasteiger partial charge in [0.1, 0.15) is 0 Å². The first-order chi connectivity index (χ1) is 16.5. The lowest BCUT2D eigenvalue weighted by Crippen LogP contribution is -2.38. The highest BCUT2D eigenvalue weighted by Gasteiger charge is 2.26. The highest BCUT2D eigenvalue weighted by atomic mass is 16.5. The lowest BCUT2D eigenvalue weighted by Gasteiger charge is -2.29. The number of nitrogens with one attached hydrogen (secondary N) is 1. The molecule has 0 radical (unpaired) electrons. The minimum Gasteiger partial charge on any atom is -0.493 e. The zero-order valence-corrected chi connectivity index (χ0v) is 20.5. The number of likely N-dealkylation sites (tertiary alicyclic amines) is 1. The van der Waals surface area contributed by atoms with Gasteiger partial charge in [0.05, 0.1) is 27.4 Å². The molecule has 2 aliphatic heterocycles. The van der Waals surface area contributed by atoms with Crippen molar-refractivity contribution >= 4 is 5.91 Å². The molecule has 2 atom stereocenters. The Hall–Kier alpha value is -3.19. The van der Waals surface area contributed by atoms with Crippen LogP contribution in [0.5, 0.6) is 17.2 Å². The van der Waals surface area contributed by atoms with Crippen molar-refractivity contribution in [3.63, 3.8) is 0 Å². The maximum absolute atomic E-state index is 13.8. The first-order valence-electron chi connectivity index (χ1n) is 11.8. The maximum Gasteiger partial charge on any atom is 0.254 e. The molecular weight excluding hydrogens is 430 g/mol. The fourth-order valence-electron chi connectivity index (χ4n) is 4.90. The predicted molar refractivity (Wildman–Crippen MR) is 134 cm³/mol. The van der Waals surface area contributed by atoms with Crippen LogP contribution in [0.2, 0.25) is 0 Å². The molecule has 0 bridgehead atoms. The van der Waals surface area contributed by atoms with Gasteiger partial charge in [0.15, 0.2) is 11.5 Å². The third-order valence-electron chi connectivity index (χ3n) is 6.84. The van der Waals surface area contributed by atoms with Crippen LogP contribution in [0, 0.1) is 0 Å². The molecule has 1 amide bonds. The molecule has 1 aromatic carbocycles. The minimum atomic E-state index is -0.0552. The number of ether oxygens (including phenoxy) is 3. The van der Waals surface area contributed by atoms with Gasteiger partial charge in [-0.05, 0) is 56.1 Å². The van der Waals surface area contributed by atoms with Crippen molar-refractivity contribution < 1.29 is 19.0 Å². The summed E-state index contributed by atoms with van der Waals surface area (Å²) in [4.78, 5) is 18.1. The second-order valence-electron chi connectivity index (χ2n) is 8.96. The number of hydrogen-bond donors (Lipinski definition) is 1. The van der Waals surface area contributed by atoms with E-state index in [9.17, 15) is 4.79 Å². The van der Waals surface area contributed by atoms with Crippen molar-refractivity contribution in [1.29, 1.82) is 0 Å². The molecule has 182 valence electrons. The van der Waals surface area contributed by atoms with Crippen LogP contribution in [0.15, 0.2) is 59.9 Å². The van der Waals surface area contributed by atoms with Gasteiger partial charge in [0.25, 0.3) is 5.91 Å². The van der Waals surface area contributed by atoms with Crippen LogP contribution in [0.25, 0.3) is 0 Å². The predicted octanol–water partition coefficient (Wildman–Crippen LogP) is 3.55. The number of benzene rings is 1. The zero-order chi connectivity index (χ0) is 24.1. The van der Waals surface area contributed by atoms with Crippen molar-refractivity contribution in [2.24, 2.45) is 0 Å². The first-order valence-corrected chi connectivity index (χ1v) is 11.8. The molecule has 3 aliphatic rings. The second kappa shape index (κ2) is 10.8. The van der Waals surface area contributed by atoms with Gasteiger partial charge in [0.2, 0.25) is 5.75 Å². The van der Waals surface area contributed by atoms with Gasteiger partial charge < -0.3 is 29.3 Å². The van der Waals surface area contributed by atoms with Crippen molar-refractivity contribution in [2.45, 2.75) is 31.3 Å². The van der Waals surface area contributed by atoms with E-state index in [1.54, 1.807) is 33.5 Å². The molecule has 34 heavy (non-hydrogen) atoms. The van der Waals surface area contributed by atoms with Crippen LogP contribution in [-0.2, 0) is 0 Å². The van der Waals surface area contributed by atoms with Gasteiger partial charge in [-0.3, -0.25) is 4.79 Å². The van der Waals surface area contributed by atoms with Crippen molar-refractivity contribution in [1.82, 2.24) is 15.1 Å². The number of fused-ring (bicyclic) bond motifs is 1. The summed E-state index contributed by atoms with van der Waals surface area (Å²) in [7, 11) is 6.85. The van der Waals surface area contributed by atoms with E-state index in [0.717, 1.165) is 18.5 Å². The maximum atomic E-state index is 13.8. The number of methoxy groups -OCH3 is 3. The molecule has 2 unspecified atom stereocenters. The van der Waals surface area contributed by atoms with Crippen LogP contribution in [0.1, 0.15) is 29.6 Å². The number of hydrogen-bond acceptors (Lipinski definition) is 6. The summed E-state index contributed by atoms with van der Waals surface area (Å²) in [6.07, 6.45) is 15.9. The Morgan fingerprint density at radius 1 is 1.15 bits per heavy atom. The molecule has 1 aromatic rings. The third-order valence-corrected chi connectivity index (χ3v) is 6.84. The molecule has 0 aromatic heterocycles. The van der Waals surface area contributed by atoms with E-state index in [2.05, 4.69) is 35.5 Å². The fraction of sp³-hybridized carbons (Fsp3) is 0.444. The van der Waals surface area contributed by atoms with Gasteiger partial charge in [-0.2, -0.15) is 0 Å². The molecular formula is C27H35N3O4. The lowest BCUT2D eigenvalue weighted by atomic mass is 9.96. The monoisotopic (exact) mass is 465 g/mol. The molecule has 1 N–H and O–H groups in total. The average Bonchev–Trinajstić information content (AvgIpc) is 3.29. The number of carbonyl (C=O) groups is 1. The molecule has 7 nitrogen and oxygen atoms in total. The summed E-state index contributed by atoms with van der Waals surface area (Å²) in [6, 6.07) is 4.16. The summed E-state index contributed by atoms with van der Waals surface area (Å²) in [5.41, 5.74) is 2.80. The van der Waals surface area contributed by atoms with Crippen LogP contribution in [-0.4, -0.2) is 75.8 Å². The Bertz CT molecular complexity index is 1000. The standard InChI is InChI=1S/C27H35N3O4/c1-29-12-7-9-22(29)11-13-30(18-19-14-20-8-5-6-10-23(20)28-17-19)27(31)21-15-24(32-2)26(34-4)25(16-21)33-3/h5-6,8,10,14-17,22-23,28H,7,9,11-13,18H2,1-4H3. The molecule has 1 fully saturated rings. The summed E-state index contributed by atoms with van der Waals surface area (Å²) >= 11 is 0. The molecule has 2 heterocycles. The number of allylic oxidation sites excluding steroid dienone is 2. The van der Waals surface area contributed by atoms with E-state index in [-0.39, 0.29) is 11.9 Å². The van der Waals surface area contributed by atoms with Crippen LogP contribution < -0.4 is 19.5 Å². The van der Waals surface area contributed by atoms with Crippen molar-refractivity contribution in [3.8, 4) is 17.2 Å². The van der Waals surface area contributed by atoms with Gasteiger partial charge >= 0.3 is 0 Å². The summed E-state index contributed by atoms with van der Waals surface area (Å²) in [5.74, 6) is 1.37. The van der Waals surface area contributed by atoms with Crippen LogP contribution in [0.3, 0.4) is 0 Å². The molecule has 4 rings (SSSR count). The molecule has 1 saturated heterocycles. The average molecular weight is 466 g/mol. The van der Waals surface area contributed by atoms with Gasteiger partial charge in [-0.25, -0.2) is 0 Å². The summed E-state index contributed by atoms with van der Waals surface area (Å²) in [6.45, 7) is 2.31. The summed E-state index contributed by atoms with van der Waals surface area (Å²) < 4.78 is 16.4. The smallest absolute Gasteiger partial charge is 0.254 e. The minimum absolute atomic E-state index is 0.0552. The van der Waals surface area contributed by atoms with E-state index in [4.69, 9.17) is 14.2 Å². The largest absolute Gasteiger partial charge is 0.493 e. The topological polar surface area (TPSA) is 63.3 Å². The Labute approximate surface area is 202 Å². The van der Waals surface area contributed by atoms with Gasteiger partial charge in [0, 0.05) is 30.9 Å². The van der Waals surface area contributed by atoms with Crippen LogP contribution >= 0.6 is 0 Å². The van der Waals surface area contributed by atoms with Gasteiger partial charge in [-0.1, -0.05) is 30.4 Å². The van der Waals surface area contributed by atoms with Crippen molar-refractivity contribution in [2.75, 3.05) is 48.0 Å². The molecule has 7 heteroatoms. The summed E-state index contributed by atoms with van der Waals surface area (Å²) in [5, 5.41) is 3.44. The van der Waals surface area contributed by atoms with E-state index < -0.39 is 0 Å². The third kappa shape index (κ3) is 5.14. The normalized spacial score (nSPS) is 21.3. The van der Waals surface area contributed by atoms with E-state index in [1.165, 1.54) is 18.4 Å². The number of amides is 1. The second-order valence-corrected chi connectivity index (χ2v) is 8.96. The lowest BCUT2D eigenvalue weighted by molar-refractivity contribution is 0.0757. The van der Waals surface area contributed by atoms with E-state index in [0.29, 0.717) is 41.9 Å². The highest BCUT2D eigenvalue weighted by Crippen LogP contribution is 2.38. The number of rotatable bonds is 9. The zero-order valence-electron chi connectivity index (χ0n) is 20.5. The van der Waals surface area contributed by atoms with Crippen molar-refractivity contribution in [3.05, 3.63) is 65.4 Å². The molecule has 0 saturated carbocycles. The van der Waals surface area contributed by atoms with Crippen LogP contribution in [0.4, 0.5) is 0 Å². The molecule has 1 aliphatic carbocycles. The van der Waals surface area contributed by atoms with E-state index in [1.807, 2.05) is 23.3 Å². The fourth-order valence-corrected chi connectivity index (χ4v) is 4.90. The Morgan fingerprint density at radius 2 is 1.91 bits per heavy atom. The molecule has 0 spiro atoms. The Balaban J connectivity index is 1.59. The highest BCUT2D eigenvalue weighted by molar-refractivity contribution is 5.96. The number of nitrogens with zero attached hydrogens (tertiary/aromatic N) is 2. The number of dihydropyridines is 1.